The number of carbonyl (C=O) groups is 2. The number of carboxylic acids is 1. The molecule has 1 aromatic rings. The Morgan fingerprint density at radius 1 is 1.50 bits per heavy atom. The third-order valence-electron chi connectivity index (χ3n) is 3.41. The second-order valence-electron chi connectivity index (χ2n) is 4.88. The molecular formula is C13H18N4O3. The van der Waals surface area contributed by atoms with E-state index in [9.17, 15) is 9.59 Å². The molecule has 0 aliphatic carbocycles. The highest BCUT2D eigenvalue weighted by atomic mass is 16.4. The molecule has 1 atom stereocenters. The Hall–Kier alpha value is -2.15. The number of amides is 2. The van der Waals surface area contributed by atoms with E-state index < -0.39 is 5.97 Å². The highest BCUT2D eigenvalue weighted by Crippen LogP contribution is 2.13. The third kappa shape index (κ3) is 3.67. The van der Waals surface area contributed by atoms with E-state index in [1.807, 2.05) is 7.05 Å². The van der Waals surface area contributed by atoms with Gasteiger partial charge in [0, 0.05) is 18.8 Å². The highest BCUT2D eigenvalue weighted by Gasteiger charge is 2.21. The molecule has 2 amide bonds. The van der Waals surface area contributed by atoms with Crippen molar-refractivity contribution in [2.75, 3.05) is 25.5 Å². The lowest BCUT2D eigenvalue weighted by Gasteiger charge is -2.19. The van der Waals surface area contributed by atoms with Crippen LogP contribution in [0, 0.1) is 0 Å². The molecule has 20 heavy (non-hydrogen) atoms. The molecule has 0 radical (unpaired) electrons. The molecule has 1 unspecified atom stereocenters. The molecule has 1 saturated heterocycles. The number of carbonyl (C=O) groups excluding carboxylic acids is 1. The number of anilines is 1. The number of likely N-dealkylation sites (tertiary alicyclic amines) is 1. The van der Waals surface area contributed by atoms with Crippen LogP contribution in [0.15, 0.2) is 18.5 Å². The van der Waals surface area contributed by atoms with Gasteiger partial charge >= 0.3 is 12.0 Å². The Kier molecular flexibility index (Phi) is 4.52. The fourth-order valence-electron chi connectivity index (χ4n) is 2.25. The quantitative estimate of drug-likeness (QED) is 0.763. The van der Waals surface area contributed by atoms with Gasteiger partial charge in [-0.05, 0) is 32.5 Å². The standard InChI is InChI=1S/C13H18N4O3/c1-17-4-2-3-11(17)8-15-13(20)16-10-5-9(12(18)19)6-14-7-10/h5-7,11H,2-4,8H2,1H3,(H,18,19)(H2,15,16,20). The van der Waals surface area contributed by atoms with Gasteiger partial charge in [-0.1, -0.05) is 0 Å². The van der Waals surface area contributed by atoms with Crippen LogP contribution in [0.4, 0.5) is 10.5 Å². The van der Waals surface area contributed by atoms with Gasteiger partial charge in [-0.15, -0.1) is 0 Å². The van der Waals surface area contributed by atoms with Crippen LogP contribution in [0.1, 0.15) is 23.2 Å². The lowest BCUT2D eigenvalue weighted by Crippen LogP contribution is -2.40. The lowest BCUT2D eigenvalue weighted by molar-refractivity contribution is 0.0696. The van der Waals surface area contributed by atoms with Crippen LogP contribution in [0.5, 0.6) is 0 Å². The number of likely N-dealkylation sites (N-methyl/N-ethyl adjacent to an activating group) is 1. The van der Waals surface area contributed by atoms with Crippen LogP contribution in [0.25, 0.3) is 0 Å². The molecule has 2 rings (SSSR count). The molecule has 108 valence electrons. The minimum absolute atomic E-state index is 0.0401. The normalized spacial score (nSPS) is 18.8. The van der Waals surface area contributed by atoms with Gasteiger partial charge in [0.15, 0.2) is 0 Å². The predicted octanol–water partition coefficient (Wildman–Crippen LogP) is 0.995. The van der Waals surface area contributed by atoms with Gasteiger partial charge in [0.05, 0.1) is 17.4 Å². The second kappa shape index (κ2) is 6.33. The van der Waals surface area contributed by atoms with Gasteiger partial charge in [-0.25, -0.2) is 9.59 Å². The van der Waals surface area contributed by atoms with E-state index in [1.165, 1.54) is 18.5 Å². The summed E-state index contributed by atoms with van der Waals surface area (Å²) in [7, 11) is 2.04. The number of aromatic carboxylic acids is 1. The van der Waals surface area contributed by atoms with Crippen molar-refractivity contribution in [1.82, 2.24) is 15.2 Å². The number of rotatable bonds is 4. The summed E-state index contributed by atoms with van der Waals surface area (Å²) < 4.78 is 0. The summed E-state index contributed by atoms with van der Waals surface area (Å²) in [6, 6.07) is 1.38. The monoisotopic (exact) mass is 278 g/mol. The average Bonchev–Trinajstić information content (AvgIpc) is 2.82. The summed E-state index contributed by atoms with van der Waals surface area (Å²) in [6.07, 6.45) is 4.87. The van der Waals surface area contributed by atoms with E-state index in [-0.39, 0.29) is 11.6 Å². The molecule has 7 nitrogen and oxygen atoms in total. The van der Waals surface area contributed by atoms with Crippen LogP contribution in [0.2, 0.25) is 0 Å². The smallest absolute Gasteiger partial charge is 0.337 e. The van der Waals surface area contributed by atoms with Crippen LogP contribution in [-0.4, -0.2) is 53.2 Å². The number of pyridine rings is 1. The second-order valence-corrected chi connectivity index (χ2v) is 4.88. The summed E-state index contributed by atoms with van der Waals surface area (Å²) in [5, 5.41) is 14.2. The van der Waals surface area contributed by atoms with Crippen LogP contribution in [0.3, 0.4) is 0 Å². The highest BCUT2D eigenvalue weighted by molar-refractivity contribution is 5.92. The van der Waals surface area contributed by atoms with Crippen molar-refractivity contribution in [3.8, 4) is 0 Å². The maximum absolute atomic E-state index is 11.7. The number of nitrogens with one attached hydrogen (secondary N) is 2. The molecule has 0 saturated carbocycles. The average molecular weight is 278 g/mol. The first-order valence-corrected chi connectivity index (χ1v) is 6.49. The lowest BCUT2D eigenvalue weighted by atomic mass is 10.2. The summed E-state index contributed by atoms with van der Waals surface area (Å²) in [6.45, 7) is 1.63. The van der Waals surface area contributed by atoms with Crippen LogP contribution < -0.4 is 10.6 Å². The van der Waals surface area contributed by atoms with E-state index in [0.29, 0.717) is 18.3 Å². The Morgan fingerprint density at radius 3 is 2.95 bits per heavy atom. The van der Waals surface area contributed by atoms with Crippen molar-refractivity contribution in [2.24, 2.45) is 0 Å². The predicted molar refractivity (Wildman–Crippen MR) is 73.9 cm³/mol. The summed E-state index contributed by atoms with van der Waals surface area (Å²) in [5.74, 6) is -1.07. The van der Waals surface area contributed by atoms with Gasteiger partial charge in [0.25, 0.3) is 0 Å². The van der Waals surface area contributed by atoms with Crippen molar-refractivity contribution >= 4 is 17.7 Å². The number of aromatic nitrogens is 1. The van der Waals surface area contributed by atoms with E-state index in [2.05, 4.69) is 20.5 Å². The van der Waals surface area contributed by atoms with E-state index in [4.69, 9.17) is 5.11 Å². The Morgan fingerprint density at radius 2 is 2.30 bits per heavy atom. The zero-order valence-electron chi connectivity index (χ0n) is 11.3. The Balaban J connectivity index is 1.85. The molecular weight excluding hydrogens is 260 g/mol. The van der Waals surface area contributed by atoms with Gasteiger partial charge in [0.1, 0.15) is 0 Å². The minimum atomic E-state index is -1.07. The molecule has 3 N–H and O–H groups in total. The maximum Gasteiger partial charge on any atom is 0.337 e. The number of hydrogen-bond donors (Lipinski definition) is 3. The van der Waals surface area contributed by atoms with Crippen molar-refractivity contribution in [3.05, 3.63) is 24.0 Å². The third-order valence-corrected chi connectivity index (χ3v) is 3.41. The topological polar surface area (TPSA) is 94.6 Å². The molecule has 2 heterocycles. The fraction of sp³-hybridized carbons (Fsp3) is 0.462. The molecule has 1 aliphatic heterocycles. The summed E-state index contributed by atoms with van der Waals surface area (Å²) in [5.41, 5.74) is 0.403. The van der Waals surface area contributed by atoms with Gasteiger partial charge in [-0.3, -0.25) is 4.98 Å². The summed E-state index contributed by atoms with van der Waals surface area (Å²) in [4.78, 5) is 28.5. The van der Waals surface area contributed by atoms with Crippen molar-refractivity contribution in [3.63, 3.8) is 0 Å². The maximum atomic E-state index is 11.7. The largest absolute Gasteiger partial charge is 0.478 e. The SMILES string of the molecule is CN1CCCC1CNC(=O)Nc1cncc(C(=O)O)c1. The molecule has 1 aromatic heterocycles. The summed E-state index contributed by atoms with van der Waals surface area (Å²) >= 11 is 0. The first-order valence-electron chi connectivity index (χ1n) is 6.49. The van der Waals surface area contributed by atoms with Crippen molar-refractivity contribution < 1.29 is 14.7 Å². The van der Waals surface area contributed by atoms with Gasteiger partial charge < -0.3 is 20.6 Å². The molecule has 7 heteroatoms. The fourth-order valence-corrected chi connectivity index (χ4v) is 2.25. The number of carboxylic acid groups (broad SMARTS) is 1. The Labute approximate surface area is 117 Å². The number of hydrogen-bond acceptors (Lipinski definition) is 4. The van der Waals surface area contributed by atoms with E-state index in [1.54, 1.807) is 0 Å². The molecule has 1 aliphatic rings. The molecule has 0 spiro atoms. The molecule has 1 fully saturated rings. The van der Waals surface area contributed by atoms with Crippen molar-refractivity contribution in [1.29, 1.82) is 0 Å². The van der Waals surface area contributed by atoms with Gasteiger partial charge in [-0.2, -0.15) is 0 Å². The van der Waals surface area contributed by atoms with Gasteiger partial charge in [0.2, 0.25) is 0 Å². The van der Waals surface area contributed by atoms with Crippen molar-refractivity contribution in [2.45, 2.75) is 18.9 Å². The van der Waals surface area contributed by atoms with Crippen LogP contribution in [-0.2, 0) is 0 Å². The number of nitrogens with zero attached hydrogens (tertiary/aromatic N) is 2. The van der Waals surface area contributed by atoms with Crippen LogP contribution >= 0.6 is 0 Å². The minimum Gasteiger partial charge on any atom is -0.478 e. The number of urea groups is 1. The Bertz CT molecular complexity index is 506. The first kappa shape index (κ1) is 14.3. The zero-order chi connectivity index (χ0) is 14.5. The molecule has 0 bridgehead atoms. The molecule has 0 aromatic carbocycles. The zero-order valence-corrected chi connectivity index (χ0v) is 11.3. The first-order chi connectivity index (χ1) is 9.56. The van der Waals surface area contributed by atoms with E-state index in [0.717, 1.165) is 19.4 Å². The van der Waals surface area contributed by atoms with E-state index >= 15 is 0 Å².